The molecule has 0 spiro atoms. The predicted molar refractivity (Wildman–Crippen MR) is 111 cm³/mol. The quantitative estimate of drug-likeness (QED) is 0.745. The molecule has 2 nitrogen and oxygen atoms in total. The van der Waals surface area contributed by atoms with Crippen molar-refractivity contribution in [2.24, 2.45) is 40.4 Å². The van der Waals surface area contributed by atoms with Gasteiger partial charge in [0.15, 0.2) is 0 Å². The van der Waals surface area contributed by atoms with Crippen molar-refractivity contribution in [2.75, 3.05) is 21.1 Å². The second-order valence-corrected chi connectivity index (χ2v) is 11.3. The molecular formula is C24H44N2. The SMILES string of the molecule is CN[C@@H]1CC[C@@]2(C)[C@H](CC[C@@H]3[C@@H]2CC[C@]2(C)[C@@H]([C@H](C)N(C)C)CC[C@@H]32)C1. The first kappa shape index (κ1) is 19.2. The van der Waals surface area contributed by atoms with Crippen LogP contribution < -0.4 is 5.32 Å². The van der Waals surface area contributed by atoms with E-state index < -0.39 is 0 Å². The van der Waals surface area contributed by atoms with E-state index in [1.807, 2.05) is 0 Å². The van der Waals surface area contributed by atoms with Crippen molar-refractivity contribution in [1.82, 2.24) is 10.2 Å². The molecule has 4 aliphatic rings. The van der Waals surface area contributed by atoms with Crippen LogP contribution in [0.15, 0.2) is 0 Å². The van der Waals surface area contributed by atoms with E-state index >= 15 is 0 Å². The number of nitrogens with one attached hydrogen (secondary N) is 1. The van der Waals surface area contributed by atoms with E-state index in [1.54, 1.807) is 0 Å². The molecular weight excluding hydrogens is 316 g/mol. The summed E-state index contributed by atoms with van der Waals surface area (Å²) >= 11 is 0. The van der Waals surface area contributed by atoms with E-state index in [-0.39, 0.29) is 0 Å². The van der Waals surface area contributed by atoms with Gasteiger partial charge in [-0.25, -0.2) is 0 Å². The largest absolute Gasteiger partial charge is 0.317 e. The normalized spacial score (nSPS) is 52.3. The Morgan fingerprint density at radius 1 is 0.885 bits per heavy atom. The smallest absolute Gasteiger partial charge is 0.00944 e. The van der Waals surface area contributed by atoms with E-state index in [4.69, 9.17) is 0 Å². The van der Waals surface area contributed by atoms with Crippen LogP contribution >= 0.6 is 0 Å². The molecule has 0 bridgehead atoms. The number of hydrogen-bond donors (Lipinski definition) is 1. The van der Waals surface area contributed by atoms with Crippen LogP contribution in [0.5, 0.6) is 0 Å². The Morgan fingerprint density at radius 2 is 1.58 bits per heavy atom. The lowest BCUT2D eigenvalue weighted by atomic mass is 9.44. The van der Waals surface area contributed by atoms with Gasteiger partial charge in [0.2, 0.25) is 0 Å². The van der Waals surface area contributed by atoms with Crippen LogP contribution in [0.3, 0.4) is 0 Å². The fraction of sp³-hybridized carbons (Fsp3) is 1.00. The highest BCUT2D eigenvalue weighted by Gasteiger charge is 2.60. The summed E-state index contributed by atoms with van der Waals surface area (Å²) in [5, 5.41) is 3.59. The number of nitrogens with zero attached hydrogens (tertiary/aromatic N) is 1. The molecule has 26 heavy (non-hydrogen) atoms. The maximum absolute atomic E-state index is 3.59. The highest BCUT2D eigenvalue weighted by Crippen LogP contribution is 2.67. The minimum atomic E-state index is 0.607. The number of rotatable bonds is 3. The molecule has 0 saturated heterocycles. The van der Waals surface area contributed by atoms with Gasteiger partial charge in [-0.3, -0.25) is 0 Å². The van der Waals surface area contributed by atoms with Gasteiger partial charge in [0, 0.05) is 12.1 Å². The molecule has 4 rings (SSSR count). The molecule has 150 valence electrons. The third-order valence-corrected chi connectivity index (χ3v) is 10.5. The Bertz CT molecular complexity index is 516. The maximum atomic E-state index is 3.59. The minimum absolute atomic E-state index is 0.607. The molecule has 0 aliphatic heterocycles. The standard InChI is InChI=1S/C24H44N2/c1-16(26(5)6)20-9-10-21-19-8-7-17-15-18(25-4)11-13-23(17,2)22(19)12-14-24(20,21)3/h16-22,25H,7-15H2,1-6H3/t16-,17+,18+,19-,20+,21-,22-,23-,24+/m0/s1. The zero-order valence-electron chi connectivity index (χ0n) is 18.4. The maximum Gasteiger partial charge on any atom is 0.00944 e. The summed E-state index contributed by atoms with van der Waals surface area (Å²) in [4.78, 5) is 2.49. The summed E-state index contributed by atoms with van der Waals surface area (Å²) in [5.41, 5.74) is 1.25. The van der Waals surface area contributed by atoms with Crippen LogP contribution in [0.4, 0.5) is 0 Å². The molecule has 0 heterocycles. The second-order valence-electron chi connectivity index (χ2n) is 11.3. The van der Waals surface area contributed by atoms with Crippen molar-refractivity contribution in [3.05, 3.63) is 0 Å². The van der Waals surface area contributed by atoms with Crippen LogP contribution in [-0.2, 0) is 0 Å². The van der Waals surface area contributed by atoms with Crippen LogP contribution in [0, 0.1) is 40.4 Å². The van der Waals surface area contributed by atoms with Gasteiger partial charge in [-0.05, 0) is 126 Å². The van der Waals surface area contributed by atoms with E-state index in [9.17, 15) is 0 Å². The van der Waals surface area contributed by atoms with E-state index in [1.165, 1.54) is 57.8 Å². The van der Waals surface area contributed by atoms with Crippen molar-refractivity contribution in [1.29, 1.82) is 0 Å². The summed E-state index contributed by atoms with van der Waals surface area (Å²) in [6.45, 7) is 7.89. The molecule has 0 aromatic heterocycles. The van der Waals surface area contributed by atoms with Crippen molar-refractivity contribution in [3.63, 3.8) is 0 Å². The summed E-state index contributed by atoms with van der Waals surface area (Å²) in [6.07, 6.45) is 13.4. The second kappa shape index (κ2) is 6.76. The Balaban J connectivity index is 1.56. The van der Waals surface area contributed by atoms with Gasteiger partial charge in [0.25, 0.3) is 0 Å². The Labute approximate surface area is 162 Å². The monoisotopic (exact) mass is 360 g/mol. The van der Waals surface area contributed by atoms with E-state index in [0.717, 1.165) is 41.7 Å². The molecule has 4 fully saturated rings. The van der Waals surface area contributed by atoms with Gasteiger partial charge in [-0.2, -0.15) is 0 Å². The molecule has 1 N–H and O–H groups in total. The summed E-state index contributed by atoms with van der Waals surface area (Å²) in [5.74, 6) is 4.95. The first-order valence-corrected chi connectivity index (χ1v) is 11.6. The van der Waals surface area contributed by atoms with Crippen LogP contribution in [-0.4, -0.2) is 38.1 Å². The van der Waals surface area contributed by atoms with Crippen molar-refractivity contribution in [2.45, 2.75) is 90.6 Å². The molecule has 0 amide bonds. The molecule has 0 aromatic carbocycles. The third-order valence-electron chi connectivity index (χ3n) is 10.5. The van der Waals surface area contributed by atoms with Gasteiger partial charge >= 0.3 is 0 Å². The van der Waals surface area contributed by atoms with Crippen LogP contribution in [0.1, 0.15) is 78.6 Å². The molecule has 9 atom stereocenters. The lowest BCUT2D eigenvalue weighted by Crippen LogP contribution is -2.55. The van der Waals surface area contributed by atoms with Crippen LogP contribution in [0.2, 0.25) is 0 Å². The number of hydrogen-bond acceptors (Lipinski definition) is 2. The fourth-order valence-corrected chi connectivity index (χ4v) is 8.71. The van der Waals surface area contributed by atoms with E-state index in [0.29, 0.717) is 10.8 Å². The van der Waals surface area contributed by atoms with Gasteiger partial charge in [-0.15, -0.1) is 0 Å². The highest BCUT2D eigenvalue weighted by molar-refractivity contribution is 5.10. The molecule has 0 radical (unpaired) electrons. The average Bonchev–Trinajstić information content (AvgIpc) is 2.97. The molecule has 0 unspecified atom stereocenters. The van der Waals surface area contributed by atoms with E-state index in [2.05, 4.69) is 52.1 Å². The van der Waals surface area contributed by atoms with Crippen molar-refractivity contribution >= 4 is 0 Å². The van der Waals surface area contributed by atoms with Gasteiger partial charge in [-0.1, -0.05) is 13.8 Å². The van der Waals surface area contributed by atoms with Crippen LogP contribution in [0.25, 0.3) is 0 Å². The minimum Gasteiger partial charge on any atom is -0.317 e. The predicted octanol–water partition coefficient (Wildman–Crippen LogP) is 5.18. The first-order chi connectivity index (χ1) is 12.3. The number of fused-ring (bicyclic) bond motifs is 5. The highest BCUT2D eigenvalue weighted by atomic mass is 15.1. The lowest BCUT2D eigenvalue weighted by molar-refractivity contribution is -0.118. The Hall–Kier alpha value is -0.0800. The fourth-order valence-electron chi connectivity index (χ4n) is 8.71. The topological polar surface area (TPSA) is 15.3 Å². The summed E-state index contributed by atoms with van der Waals surface area (Å²) in [6, 6.07) is 1.52. The van der Waals surface area contributed by atoms with Gasteiger partial charge in [0.1, 0.15) is 0 Å². The zero-order chi connectivity index (χ0) is 18.7. The molecule has 4 aliphatic carbocycles. The molecule has 2 heteroatoms. The molecule has 0 aromatic rings. The Morgan fingerprint density at radius 3 is 2.27 bits per heavy atom. The zero-order valence-corrected chi connectivity index (χ0v) is 18.4. The van der Waals surface area contributed by atoms with Crippen molar-refractivity contribution in [3.8, 4) is 0 Å². The average molecular weight is 361 g/mol. The molecule has 4 saturated carbocycles. The van der Waals surface area contributed by atoms with Gasteiger partial charge < -0.3 is 10.2 Å². The first-order valence-electron chi connectivity index (χ1n) is 11.6. The summed E-state index contributed by atoms with van der Waals surface area (Å²) in [7, 11) is 6.76. The third kappa shape index (κ3) is 2.72. The summed E-state index contributed by atoms with van der Waals surface area (Å²) < 4.78 is 0. The van der Waals surface area contributed by atoms with Crippen molar-refractivity contribution < 1.29 is 0 Å². The Kier molecular flexibility index (Phi) is 5.01. The van der Waals surface area contributed by atoms with Gasteiger partial charge in [0.05, 0.1) is 0 Å². The lowest BCUT2D eigenvalue weighted by Gasteiger charge is -2.61.